The second kappa shape index (κ2) is 11.7. The monoisotopic (exact) mass is 578 g/mol. The number of fused-ring (bicyclic) bond motifs is 1. The van der Waals surface area contributed by atoms with Crippen LogP contribution in [0, 0.1) is 11.6 Å². The third-order valence-corrected chi connectivity index (χ3v) is 6.91. The van der Waals surface area contributed by atoms with Gasteiger partial charge in [0.15, 0.2) is 5.82 Å². The molecule has 3 amide bonds. The van der Waals surface area contributed by atoms with Gasteiger partial charge < -0.3 is 25.6 Å². The lowest BCUT2D eigenvalue weighted by atomic mass is 10.0. The lowest BCUT2D eigenvalue weighted by Gasteiger charge is -2.33. The molecule has 5 rings (SSSR count). The molecule has 12 heteroatoms. The van der Waals surface area contributed by atoms with E-state index in [0.29, 0.717) is 37.3 Å². The van der Waals surface area contributed by atoms with Crippen LogP contribution in [0.2, 0.25) is 0 Å². The number of carbonyl (C=O) groups is 3. The van der Waals surface area contributed by atoms with Crippen LogP contribution in [-0.4, -0.2) is 57.5 Å². The zero-order valence-corrected chi connectivity index (χ0v) is 23.6. The second-order valence-electron chi connectivity index (χ2n) is 11.3. The van der Waals surface area contributed by atoms with Crippen molar-refractivity contribution in [1.29, 1.82) is 0 Å². The number of piperidine rings is 1. The van der Waals surface area contributed by atoms with Crippen molar-refractivity contribution in [1.82, 2.24) is 25.5 Å². The molecule has 0 spiro atoms. The van der Waals surface area contributed by atoms with E-state index in [1.54, 1.807) is 29.2 Å². The average molecular weight is 579 g/mol. The first kappa shape index (κ1) is 28.9. The summed E-state index contributed by atoms with van der Waals surface area (Å²) in [5.41, 5.74) is 0.940. The van der Waals surface area contributed by atoms with Crippen LogP contribution in [-0.2, 0) is 22.5 Å². The second-order valence-corrected chi connectivity index (χ2v) is 11.3. The zero-order valence-electron chi connectivity index (χ0n) is 23.6. The smallest absolute Gasteiger partial charge is 0.410 e. The summed E-state index contributed by atoms with van der Waals surface area (Å²) in [7, 11) is 0. The molecule has 2 aliphatic rings. The van der Waals surface area contributed by atoms with Crippen molar-refractivity contribution in [3.8, 4) is 11.4 Å². The number of nitrogens with one attached hydrogen (secondary N) is 3. The van der Waals surface area contributed by atoms with Crippen molar-refractivity contribution in [2.24, 2.45) is 0 Å². The molecule has 1 fully saturated rings. The first-order valence-electron chi connectivity index (χ1n) is 13.7. The van der Waals surface area contributed by atoms with E-state index in [1.807, 2.05) is 20.8 Å². The predicted octanol–water partition coefficient (Wildman–Crippen LogP) is 4.47. The van der Waals surface area contributed by atoms with Crippen molar-refractivity contribution in [3.05, 3.63) is 70.9 Å². The van der Waals surface area contributed by atoms with Crippen LogP contribution in [0.3, 0.4) is 0 Å². The number of benzene rings is 2. The summed E-state index contributed by atoms with van der Waals surface area (Å²) in [6.07, 6.45) is 1.10. The minimum absolute atomic E-state index is 0.0309. The van der Waals surface area contributed by atoms with E-state index in [0.717, 1.165) is 17.7 Å². The molecule has 10 nitrogen and oxygen atoms in total. The summed E-state index contributed by atoms with van der Waals surface area (Å²) < 4.78 is 34.3. The summed E-state index contributed by atoms with van der Waals surface area (Å²) in [6.45, 7) is 6.61. The summed E-state index contributed by atoms with van der Waals surface area (Å²) >= 11 is 0. The Morgan fingerprint density at radius 1 is 1.02 bits per heavy atom. The number of nitrogens with zero attached hydrogens (tertiary/aromatic N) is 3. The standard InChI is InChI=1S/C30H32F2N6O4/c1-30(2,3)42-29(41)38-13-11-19(12-14-38)34-23(39)15-17-7-9-18(10-8-17)35-27-25-22(16-33-28(25)40)36-26(37-27)24-20(31)5-4-6-21(24)32/h4-10,19H,11-16H2,1-3H3,(H,33,40)(H,34,39)(H,35,36,37). The SMILES string of the molecule is CC(C)(C)OC(=O)N1CCC(NC(=O)Cc2ccc(Nc3nc(-c4c(F)cccc4F)nc4c3C(=O)NC4)cc2)CC1. The van der Waals surface area contributed by atoms with Gasteiger partial charge in [-0.2, -0.15) is 0 Å². The Labute approximate surface area is 241 Å². The van der Waals surface area contributed by atoms with Crippen LogP contribution < -0.4 is 16.0 Å². The number of carbonyl (C=O) groups excluding carboxylic acids is 3. The fraction of sp³-hybridized carbons (Fsp3) is 0.367. The van der Waals surface area contributed by atoms with Crippen molar-refractivity contribution >= 4 is 29.4 Å². The van der Waals surface area contributed by atoms with Crippen molar-refractivity contribution in [2.45, 2.75) is 58.2 Å². The summed E-state index contributed by atoms with van der Waals surface area (Å²) in [6, 6.07) is 10.5. The molecule has 0 atom stereocenters. The van der Waals surface area contributed by atoms with E-state index in [2.05, 4.69) is 25.9 Å². The summed E-state index contributed by atoms with van der Waals surface area (Å²) in [5, 5.41) is 8.76. The van der Waals surface area contributed by atoms with Crippen LogP contribution in [0.1, 0.15) is 55.2 Å². The van der Waals surface area contributed by atoms with Gasteiger partial charge in [-0.05, 0) is 63.4 Å². The Bertz CT molecular complexity index is 1500. The molecule has 3 N–H and O–H groups in total. The highest BCUT2D eigenvalue weighted by atomic mass is 19.1. The van der Waals surface area contributed by atoms with Gasteiger partial charge in [0, 0.05) is 24.8 Å². The van der Waals surface area contributed by atoms with Crippen LogP contribution in [0.5, 0.6) is 0 Å². The molecule has 220 valence electrons. The van der Waals surface area contributed by atoms with E-state index in [9.17, 15) is 23.2 Å². The molecule has 0 aliphatic carbocycles. The zero-order chi connectivity index (χ0) is 30.0. The van der Waals surface area contributed by atoms with Gasteiger partial charge in [0.25, 0.3) is 5.91 Å². The molecular formula is C30H32F2N6O4. The summed E-state index contributed by atoms with van der Waals surface area (Å²) in [4.78, 5) is 47.6. The van der Waals surface area contributed by atoms with Gasteiger partial charge in [-0.15, -0.1) is 0 Å². The number of amides is 3. The largest absolute Gasteiger partial charge is 0.444 e. The fourth-order valence-electron chi connectivity index (χ4n) is 4.88. The molecule has 0 bridgehead atoms. The molecule has 3 aromatic rings. The van der Waals surface area contributed by atoms with E-state index in [4.69, 9.17) is 4.74 Å². The molecule has 1 aromatic heterocycles. The topological polar surface area (TPSA) is 126 Å². The third-order valence-electron chi connectivity index (χ3n) is 6.91. The third kappa shape index (κ3) is 6.64. The number of rotatable bonds is 6. The molecule has 1 saturated heterocycles. The number of ether oxygens (including phenoxy) is 1. The highest BCUT2D eigenvalue weighted by molar-refractivity contribution is 6.03. The van der Waals surface area contributed by atoms with E-state index < -0.39 is 23.1 Å². The van der Waals surface area contributed by atoms with Gasteiger partial charge in [0.05, 0.1) is 24.2 Å². The molecular weight excluding hydrogens is 546 g/mol. The van der Waals surface area contributed by atoms with E-state index in [-0.39, 0.29) is 53.8 Å². The lowest BCUT2D eigenvalue weighted by molar-refractivity contribution is -0.121. The number of anilines is 2. The Hall–Kier alpha value is -4.61. The highest BCUT2D eigenvalue weighted by Crippen LogP contribution is 2.30. The van der Waals surface area contributed by atoms with Gasteiger partial charge in [-0.3, -0.25) is 9.59 Å². The number of halogens is 2. The van der Waals surface area contributed by atoms with Crippen LogP contribution in [0.25, 0.3) is 11.4 Å². The Balaban J connectivity index is 1.21. The Morgan fingerprint density at radius 3 is 2.33 bits per heavy atom. The molecule has 0 radical (unpaired) electrons. The average Bonchev–Trinajstić information content (AvgIpc) is 3.30. The van der Waals surface area contributed by atoms with Gasteiger partial charge in [0.2, 0.25) is 5.91 Å². The maximum atomic E-state index is 14.4. The quantitative estimate of drug-likeness (QED) is 0.394. The van der Waals surface area contributed by atoms with Gasteiger partial charge in [-0.1, -0.05) is 18.2 Å². The lowest BCUT2D eigenvalue weighted by Crippen LogP contribution is -2.48. The van der Waals surface area contributed by atoms with Gasteiger partial charge in [-0.25, -0.2) is 23.5 Å². The number of hydrogen-bond acceptors (Lipinski definition) is 7. The number of hydrogen-bond donors (Lipinski definition) is 3. The maximum absolute atomic E-state index is 14.4. The molecule has 42 heavy (non-hydrogen) atoms. The Kier molecular flexibility index (Phi) is 8.06. The van der Waals surface area contributed by atoms with Crippen molar-refractivity contribution < 1.29 is 27.9 Å². The fourth-order valence-corrected chi connectivity index (χ4v) is 4.88. The molecule has 3 heterocycles. The van der Waals surface area contributed by atoms with Gasteiger partial charge in [0.1, 0.15) is 28.6 Å². The van der Waals surface area contributed by atoms with Crippen molar-refractivity contribution in [3.63, 3.8) is 0 Å². The van der Waals surface area contributed by atoms with Crippen molar-refractivity contribution in [2.75, 3.05) is 18.4 Å². The first-order valence-corrected chi connectivity index (χ1v) is 13.7. The minimum atomic E-state index is -0.811. The minimum Gasteiger partial charge on any atom is -0.444 e. The van der Waals surface area contributed by atoms with E-state index >= 15 is 0 Å². The van der Waals surface area contributed by atoms with Crippen LogP contribution in [0.15, 0.2) is 42.5 Å². The van der Waals surface area contributed by atoms with Gasteiger partial charge >= 0.3 is 6.09 Å². The van der Waals surface area contributed by atoms with Crippen LogP contribution in [0.4, 0.5) is 25.1 Å². The molecule has 0 unspecified atom stereocenters. The normalized spacial score (nSPS) is 15.2. The number of likely N-dealkylation sites (tertiary alicyclic amines) is 1. The Morgan fingerprint density at radius 2 is 1.69 bits per heavy atom. The highest BCUT2D eigenvalue weighted by Gasteiger charge is 2.29. The first-order chi connectivity index (χ1) is 20.0. The summed E-state index contributed by atoms with van der Waals surface area (Å²) in [5.74, 6) is -2.19. The van der Waals surface area contributed by atoms with Crippen LogP contribution >= 0.6 is 0 Å². The van der Waals surface area contributed by atoms with E-state index in [1.165, 1.54) is 6.07 Å². The molecule has 2 aromatic carbocycles. The maximum Gasteiger partial charge on any atom is 0.410 e. The predicted molar refractivity (Wildman–Crippen MR) is 151 cm³/mol. The molecule has 2 aliphatic heterocycles. The molecule has 0 saturated carbocycles. The number of aromatic nitrogens is 2.